The number of aliphatic hydroxyl groups excluding tert-OH is 1. The first-order valence-electron chi connectivity index (χ1n) is 8.72. The molecule has 0 fully saturated rings. The number of aromatic nitrogens is 1. The second-order valence-electron chi connectivity index (χ2n) is 6.90. The molecule has 27 heavy (non-hydrogen) atoms. The molecule has 1 heterocycles. The Hall–Kier alpha value is -3.24. The smallest absolute Gasteiger partial charge is 0.337 e. The van der Waals surface area contributed by atoms with E-state index in [9.17, 15) is 24.9 Å². The second kappa shape index (κ2) is 7.17. The minimum atomic E-state index is -1.06. The van der Waals surface area contributed by atoms with Gasteiger partial charge >= 0.3 is 11.9 Å². The van der Waals surface area contributed by atoms with E-state index in [4.69, 9.17) is 0 Å². The van der Waals surface area contributed by atoms with Crippen molar-refractivity contribution < 1.29 is 24.9 Å². The highest BCUT2D eigenvalue weighted by Crippen LogP contribution is 2.35. The van der Waals surface area contributed by atoms with Gasteiger partial charge in [0.05, 0.1) is 24.0 Å². The molecular weight excluding hydrogens is 346 g/mol. The molecule has 1 aromatic heterocycles. The Morgan fingerprint density at radius 3 is 2.59 bits per heavy atom. The molecular formula is C21H21NO5. The van der Waals surface area contributed by atoms with Crippen LogP contribution in [0.3, 0.4) is 0 Å². The lowest BCUT2D eigenvalue weighted by Gasteiger charge is -2.17. The average molecular weight is 367 g/mol. The van der Waals surface area contributed by atoms with Crippen molar-refractivity contribution >= 4 is 22.8 Å². The maximum absolute atomic E-state index is 11.8. The van der Waals surface area contributed by atoms with Crippen LogP contribution in [-0.2, 0) is 17.8 Å². The van der Waals surface area contributed by atoms with Crippen LogP contribution in [0.4, 0.5) is 0 Å². The Labute approximate surface area is 156 Å². The van der Waals surface area contributed by atoms with Crippen LogP contribution in [0.5, 0.6) is 0 Å². The predicted molar refractivity (Wildman–Crippen MR) is 101 cm³/mol. The van der Waals surface area contributed by atoms with E-state index in [1.54, 1.807) is 18.2 Å². The zero-order valence-electron chi connectivity index (χ0n) is 15.2. The van der Waals surface area contributed by atoms with Gasteiger partial charge in [-0.25, -0.2) is 4.79 Å². The van der Waals surface area contributed by atoms with Crippen molar-refractivity contribution in [3.63, 3.8) is 0 Å². The summed E-state index contributed by atoms with van der Waals surface area (Å²) < 4.78 is 1.87. The lowest BCUT2D eigenvalue weighted by Crippen LogP contribution is -2.11. The van der Waals surface area contributed by atoms with E-state index in [-0.39, 0.29) is 23.7 Å². The third-order valence-electron chi connectivity index (χ3n) is 4.63. The van der Waals surface area contributed by atoms with Crippen LogP contribution in [0.25, 0.3) is 10.9 Å². The van der Waals surface area contributed by atoms with Crippen LogP contribution in [0.15, 0.2) is 47.4 Å². The predicted octanol–water partition coefficient (Wildman–Crippen LogP) is 4.02. The van der Waals surface area contributed by atoms with Crippen molar-refractivity contribution in [1.29, 1.82) is 0 Å². The van der Waals surface area contributed by atoms with Crippen LogP contribution < -0.4 is 0 Å². The first-order chi connectivity index (χ1) is 12.8. The lowest BCUT2D eigenvalue weighted by atomic mass is 10.00. The van der Waals surface area contributed by atoms with E-state index in [2.05, 4.69) is 5.73 Å². The molecule has 0 amide bonds. The Morgan fingerprint density at radius 2 is 2.00 bits per heavy atom. The summed E-state index contributed by atoms with van der Waals surface area (Å²) in [4.78, 5) is 23.3. The highest BCUT2D eigenvalue weighted by molar-refractivity contribution is 6.04. The lowest BCUT2D eigenvalue weighted by molar-refractivity contribution is -0.136. The zero-order valence-corrected chi connectivity index (χ0v) is 15.2. The van der Waals surface area contributed by atoms with E-state index in [0.717, 1.165) is 11.3 Å². The molecule has 0 spiro atoms. The van der Waals surface area contributed by atoms with Gasteiger partial charge in [0.1, 0.15) is 0 Å². The summed E-state index contributed by atoms with van der Waals surface area (Å²) in [5.41, 5.74) is 5.78. The number of aromatic carboxylic acids is 1. The molecule has 6 heteroatoms. The summed E-state index contributed by atoms with van der Waals surface area (Å²) in [5.74, 6) is -2.00. The Bertz CT molecular complexity index is 1030. The van der Waals surface area contributed by atoms with Gasteiger partial charge in [0.2, 0.25) is 0 Å². The summed E-state index contributed by atoms with van der Waals surface area (Å²) in [6, 6.07) is 4.93. The summed E-state index contributed by atoms with van der Waals surface area (Å²) in [6.45, 7) is 4.25. The van der Waals surface area contributed by atoms with Crippen molar-refractivity contribution in [2.45, 2.75) is 39.2 Å². The topological polar surface area (TPSA) is 99.8 Å². The second-order valence-corrected chi connectivity index (χ2v) is 6.90. The number of hydrogen-bond acceptors (Lipinski definition) is 3. The molecule has 0 unspecified atom stereocenters. The Kier molecular flexibility index (Phi) is 4.93. The number of hydrogen-bond donors (Lipinski definition) is 3. The third kappa shape index (κ3) is 3.52. The molecule has 0 radical (unpaired) electrons. The minimum Gasteiger partial charge on any atom is -0.501 e. The van der Waals surface area contributed by atoms with Gasteiger partial charge in [-0.05, 0) is 35.6 Å². The number of fused-ring (bicyclic) bond motifs is 1. The summed E-state index contributed by atoms with van der Waals surface area (Å²) in [5, 5.41) is 29.4. The molecule has 6 nitrogen and oxygen atoms in total. The van der Waals surface area contributed by atoms with Crippen molar-refractivity contribution in [2.24, 2.45) is 0 Å². The van der Waals surface area contributed by atoms with Crippen molar-refractivity contribution in [3.05, 3.63) is 64.2 Å². The number of para-hydroxylation sites is 1. The van der Waals surface area contributed by atoms with E-state index < -0.39 is 11.9 Å². The fraction of sp³-hybridized carbons (Fsp3) is 0.286. The molecule has 0 saturated carbocycles. The molecule has 0 aliphatic heterocycles. The first kappa shape index (κ1) is 18.5. The Morgan fingerprint density at radius 1 is 1.26 bits per heavy atom. The Balaban J connectivity index is 2.35. The number of allylic oxidation sites excluding steroid dienone is 2. The van der Waals surface area contributed by atoms with E-state index >= 15 is 0 Å². The van der Waals surface area contributed by atoms with E-state index in [1.807, 2.05) is 24.5 Å². The van der Waals surface area contributed by atoms with Crippen molar-refractivity contribution in [2.75, 3.05) is 0 Å². The molecule has 2 aromatic rings. The fourth-order valence-electron chi connectivity index (χ4n) is 3.71. The molecule has 0 bridgehead atoms. The van der Waals surface area contributed by atoms with Gasteiger partial charge in [-0.2, -0.15) is 0 Å². The maximum Gasteiger partial charge on any atom is 0.337 e. The summed E-state index contributed by atoms with van der Waals surface area (Å²) >= 11 is 0. The number of aliphatic carboxylic acids is 1. The molecule has 0 saturated heterocycles. The number of nitrogens with zero attached hydrogens (tertiary/aromatic N) is 1. The maximum atomic E-state index is 11.8. The standard InChI is InChI=1S/C21H21NO5/c1-12(2)19-17(10-18(24)25)15-7-4-8-16(21(26)27)20(15)22(19)11-13-5-3-6-14(23)9-13/h3-4,6-8,12,23H,5,10-11H2,1-2H3,(H,24,25)(H,26,27). The van der Waals surface area contributed by atoms with Crippen LogP contribution in [-0.4, -0.2) is 31.8 Å². The van der Waals surface area contributed by atoms with E-state index in [0.29, 0.717) is 29.4 Å². The molecule has 3 N–H and O–H groups in total. The number of carboxylic acid groups (broad SMARTS) is 2. The quantitative estimate of drug-likeness (QED) is 0.670. The molecule has 1 aromatic carbocycles. The van der Waals surface area contributed by atoms with Crippen LogP contribution >= 0.6 is 0 Å². The molecule has 1 aliphatic carbocycles. The normalized spacial score (nSPS) is 13.7. The van der Waals surface area contributed by atoms with Gasteiger partial charge in [0.25, 0.3) is 0 Å². The number of aliphatic hydroxyl groups is 1. The van der Waals surface area contributed by atoms with Crippen LogP contribution in [0.2, 0.25) is 0 Å². The average Bonchev–Trinajstić information content (AvgIpc) is 2.88. The number of carboxylic acids is 2. The number of benzene rings is 1. The third-order valence-corrected chi connectivity index (χ3v) is 4.63. The number of carbonyl (C=O) groups is 2. The first-order valence-corrected chi connectivity index (χ1v) is 8.72. The van der Waals surface area contributed by atoms with Crippen LogP contribution in [0, 0.1) is 0 Å². The van der Waals surface area contributed by atoms with Gasteiger partial charge < -0.3 is 19.9 Å². The van der Waals surface area contributed by atoms with Crippen molar-refractivity contribution in [1.82, 2.24) is 4.57 Å². The largest absolute Gasteiger partial charge is 0.501 e. The van der Waals surface area contributed by atoms with Gasteiger partial charge in [-0.3, -0.25) is 4.79 Å². The monoisotopic (exact) mass is 367 g/mol. The molecule has 1 aliphatic rings. The van der Waals surface area contributed by atoms with Crippen LogP contribution in [0.1, 0.15) is 47.8 Å². The van der Waals surface area contributed by atoms with Gasteiger partial charge in [0.15, 0.2) is 5.76 Å². The highest BCUT2D eigenvalue weighted by atomic mass is 16.4. The van der Waals surface area contributed by atoms with E-state index in [1.165, 1.54) is 6.07 Å². The molecule has 0 atom stereocenters. The highest BCUT2D eigenvalue weighted by Gasteiger charge is 2.25. The van der Waals surface area contributed by atoms with Crippen molar-refractivity contribution in [3.8, 4) is 0 Å². The SMILES string of the molecule is CC(C)c1c(CC(=O)O)c2cccc(C(=O)O)c2n1CC1=C=C(O)C=CC1. The molecule has 140 valence electrons. The molecule has 3 rings (SSSR count). The van der Waals surface area contributed by atoms with Gasteiger partial charge in [-0.15, -0.1) is 0 Å². The minimum absolute atomic E-state index is 0.00861. The summed E-state index contributed by atoms with van der Waals surface area (Å²) in [7, 11) is 0. The summed E-state index contributed by atoms with van der Waals surface area (Å²) in [6.07, 6.45) is 3.79. The fourth-order valence-corrected chi connectivity index (χ4v) is 3.71. The number of rotatable bonds is 6. The van der Waals surface area contributed by atoms with Gasteiger partial charge in [0, 0.05) is 11.1 Å². The van der Waals surface area contributed by atoms with Gasteiger partial charge in [-0.1, -0.05) is 37.8 Å². The zero-order chi connectivity index (χ0) is 19.7.